The summed E-state index contributed by atoms with van der Waals surface area (Å²) in [7, 11) is 0. The van der Waals surface area contributed by atoms with E-state index in [0.29, 0.717) is 0 Å². The van der Waals surface area contributed by atoms with Gasteiger partial charge in [-0.3, -0.25) is 0 Å². The largest absolute Gasteiger partial charge is 0.320 e. The average molecular weight is 235 g/mol. The standard InChI is InChI=1S/C13H14FNS/c1-8-7-9(2)16-13(8)12(15)10-3-5-11(14)6-4-10/h3-7,12H,15H2,1-2H3. The fraction of sp³-hybridized carbons (Fsp3) is 0.231. The van der Waals surface area contributed by atoms with E-state index in [0.717, 1.165) is 10.4 Å². The molecule has 0 saturated carbocycles. The molecular weight excluding hydrogens is 221 g/mol. The summed E-state index contributed by atoms with van der Waals surface area (Å²) in [5, 5.41) is 0. The second kappa shape index (κ2) is 4.36. The third-order valence-corrected chi connectivity index (χ3v) is 3.83. The number of hydrogen-bond acceptors (Lipinski definition) is 2. The molecule has 84 valence electrons. The highest BCUT2D eigenvalue weighted by molar-refractivity contribution is 7.12. The molecule has 0 spiro atoms. The van der Waals surface area contributed by atoms with Gasteiger partial charge in [-0.15, -0.1) is 11.3 Å². The smallest absolute Gasteiger partial charge is 0.123 e. The molecule has 0 amide bonds. The molecule has 16 heavy (non-hydrogen) atoms. The molecule has 3 heteroatoms. The molecule has 0 bridgehead atoms. The first-order valence-corrected chi connectivity index (χ1v) is 5.97. The molecule has 0 saturated heterocycles. The number of thiophene rings is 1. The van der Waals surface area contributed by atoms with E-state index >= 15 is 0 Å². The molecule has 2 aromatic rings. The average Bonchev–Trinajstić information content (AvgIpc) is 2.58. The Morgan fingerprint density at radius 3 is 2.31 bits per heavy atom. The summed E-state index contributed by atoms with van der Waals surface area (Å²) in [6, 6.07) is 8.36. The highest BCUT2D eigenvalue weighted by atomic mass is 32.1. The lowest BCUT2D eigenvalue weighted by atomic mass is 10.0. The van der Waals surface area contributed by atoms with E-state index in [9.17, 15) is 4.39 Å². The highest BCUT2D eigenvalue weighted by Gasteiger charge is 2.13. The molecule has 2 rings (SSSR count). The van der Waals surface area contributed by atoms with E-state index in [1.807, 2.05) is 0 Å². The highest BCUT2D eigenvalue weighted by Crippen LogP contribution is 2.30. The van der Waals surface area contributed by atoms with Crippen LogP contribution in [0.3, 0.4) is 0 Å². The Labute approximate surface area is 98.7 Å². The van der Waals surface area contributed by atoms with E-state index in [1.54, 1.807) is 23.5 Å². The van der Waals surface area contributed by atoms with Crippen molar-refractivity contribution in [3.05, 3.63) is 57.0 Å². The maximum Gasteiger partial charge on any atom is 0.123 e. The Kier molecular flexibility index (Phi) is 3.08. The van der Waals surface area contributed by atoms with E-state index in [1.165, 1.54) is 22.6 Å². The Balaban J connectivity index is 2.35. The fourth-order valence-electron chi connectivity index (χ4n) is 1.79. The lowest BCUT2D eigenvalue weighted by molar-refractivity contribution is 0.626. The zero-order valence-electron chi connectivity index (χ0n) is 9.33. The van der Waals surface area contributed by atoms with Gasteiger partial charge in [-0.05, 0) is 43.2 Å². The molecule has 0 aliphatic rings. The van der Waals surface area contributed by atoms with Gasteiger partial charge in [0.2, 0.25) is 0 Å². The minimum atomic E-state index is -0.227. The molecule has 2 N–H and O–H groups in total. The normalized spacial score (nSPS) is 12.8. The predicted molar refractivity (Wildman–Crippen MR) is 66.2 cm³/mol. The molecule has 1 heterocycles. The first-order valence-electron chi connectivity index (χ1n) is 5.16. The molecule has 1 nitrogen and oxygen atoms in total. The van der Waals surface area contributed by atoms with Crippen LogP contribution in [0.1, 0.15) is 26.9 Å². The van der Waals surface area contributed by atoms with Gasteiger partial charge in [0.15, 0.2) is 0 Å². The van der Waals surface area contributed by atoms with E-state index in [4.69, 9.17) is 5.73 Å². The Morgan fingerprint density at radius 2 is 1.81 bits per heavy atom. The maximum atomic E-state index is 12.8. The maximum absolute atomic E-state index is 12.8. The number of halogens is 1. The van der Waals surface area contributed by atoms with Gasteiger partial charge in [-0.1, -0.05) is 12.1 Å². The van der Waals surface area contributed by atoms with Gasteiger partial charge in [-0.2, -0.15) is 0 Å². The molecular formula is C13H14FNS. The molecule has 1 aromatic heterocycles. The van der Waals surface area contributed by atoms with Crippen LogP contribution >= 0.6 is 11.3 Å². The summed E-state index contributed by atoms with van der Waals surface area (Å²) in [6.07, 6.45) is 0. The third-order valence-electron chi connectivity index (χ3n) is 2.59. The molecule has 1 unspecified atom stereocenters. The van der Waals surface area contributed by atoms with Crippen molar-refractivity contribution in [1.29, 1.82) is 0 Å². The lowest BCUT2D eigenvalue weighted by Crippen LogP contribution is -2.11. The minimum absolute atomic E-state index is 0.153. The predicted octanol–water partition coefficient (Wildman–Crippen LogP) is 3.55. The van der Waals surface area contributed by atoms with Gasteiger partial charge >= 0.3 is 0 Å². The lowest BCUT2D eigenvalue weighted by Gasteiger charge is -2.11. The fourth-order valence-corrected chi connectivity index (χ4v) is 2.86. The number of aryl methyl sites for hydroxylation is 2. The van der Waals surface area contributed by atoms with E-state index < -0.39 is 0 Å². The summed E-state index contributed by atoms with van der Waals surface area (Å²) in [5.41, 5.74) is 8.33. The van der Waals surface area contributed by atoms with Crippen molar-refractivity contribution in [3.63, 3.8) is 0 Å². The third kappa shape index (κ3) is 2.15. The first-order chi connectivity index (χ1) is 7.58. The van der Waals surface area contributed by atoms with E-state index in [2.05, 4.69) is 19.9 Å². The Bertz CT molecular complexity index is 487. The van der Waals surface area contributed by atoms with Crippen molar-refractivity contribution in [3.8, 4) is 0 Å². The number of rotatable bonds is 2. The van der Waals surface area contributed by atoms with Crippen molar-refractivity contribution >= 4 is 11.3 Å². The van der Waals surface area contributed by atoms with Crippen LogP contribution in [0.5, 0.6) is 0 Å². The molecule has 1 aromatic carbocycles. The number of benzene rings is 1. The second-order valence-corrected chi connectivity index (χ2v) is 5.22. The Hall–Kier alpha value is -1.19. The van der Waals surface area contributed by atoms with E-state index in [-0.39, 0.29) is 11.9 Å². The van der Waals surface area contributed by atoms with Crippen molar-refractivity contribution < 1.29 is 4.39 Å². The van der Waals surface area contributed by atoms with Crippen molar-refractivity contribution in [2.24, 2.45) is 5.73 Å². The second-order valence-electron chi connectivity index (χ2n) is 3.93. The zero-order chi connectivity index (χ0) is 11.7. The number of hydrogen-bond donors (Lipinski definition) is 1. The van der Waals surface area contributed by atoms with Crippen molar-refractivity contribution in [1.82, 2.24) is 0 Å². The molecule has 0 aliphatic carbocycles. The molecule has 0 aliphatic heterocycles. The van der Waals surface area contributed by atoms with Crippen LogP contribution < -0.4 is 5.73 Å². The minimum Gasteiger partial charge on any atom is -0.320 e. The molecule has 0 radical (unpaired) electrons. The van der Waals surface area contributed by atoms with Crippen LogP contribution in [0.25, 0.3) is 0 Å². The zero-order valence-corrected chi connectivity index (χ0v) is 10.1. The summed E-state index contributed by atoms with van der Waals surface area (Å²) in [5.74, 6) is -0.227. The SMILES string of the molecule is Cc1cc(C)c(C(N)c2ccc(F)cc2)s1. The monoisotopic (exact) mass is 235 g/mol. The van der Waals surface area contributed by atoms with Gasteiger partial charge < -0.3 is 5.73 Å². The summed E-state index contributed by atoms with van der Waals surface area (Å²) >= 11 is 1.70. The molecule has 1 atom stereocenters. The van der Waals surface area contributed by atoms with Crippen LogP contribution in [0.4, 0.5) is 4.39 Å². The first kappa shape index (κ1) is 11.3. The van der Waals surface area contributed by atoms with Crippen LogP contribution in [0.15, 0.2) is 30.3 Å². The summed E-state index contributed by atoms with van der Waals surface area (Å²) in [4.78, 5) is 2.41. The van der Waals surface area contributed by atoms with Crippen molar-refractivity contribution in [2.75, 3.05) is 0 Å². The van der Waals surface area contributed by atoms with Gasteiger partial charge in [0.25, 0.3) is 0 Å². The van der Waals surface area contributed by atoms with Crippen molar-refractivity contribution in [2.45, 2.75) is 19.9 Å². The van der Waals surface area contributed by atoms with Crippen LogP contribution in [0.2, 0.25) is 0 Å². The molecule has 0 fully saturated rings. The van der Waals surface area contributed by atoms with Gasteiger partial charge in [0, 0.05) is 9.75 Å². The topological polar surface area (TPSA) is 26.0 Å². The Morgan fingerprint density at radius 1 is 1.19 bits per heavy atom. The van der Waals surface area contributed by atoms with Gasteiger partial charge in [0.1, 0.15) is 5.82 Å². The van der Waals surface area contributed by atoms with Gasteiger partial charge in [-0.25, -0.2) is 4.39 Å². The quantitative estimate of drug-likeness (QED) is 0.846. The number of nitrogens with two attached hydrogens (primary N) is 1. The van der Waals surface area contributed by atoms with Crippen LogP contribution in [-0.4, -0.2) is 0 Å². The summed E-state index contributed by atoms with van der Waals surface area (Å²) in [6.45, 7) is 4.13. The van der Waals surface area contributed by atoms with Crippen LogP contribution in [0, 0.1) is 19.7 Å². The summed E-state index contributed by atoms with van der Waals surface area (Å²) < 4.78 is 12.8. The van der Waals surface area contributed by atoms with Gasteiger partial charge in [0.05, 0.1) is 6.04 Å². The van der Waals surface area contributed by atoms with Crippen LogP contribution in [-0.2, 0) is 0 Å².